The van der Waals surface area contributed by atoms with Crippen LogP contribution in [0.3, 0.4) is 0 Å². The Kier molecular flexibility index (Phi) is 3.57. The lowest BCUT2D eigenvalue weighted by Crippen LogP contribution is -2.16. The van der Waals surface area contributed by atoms with E-state index in [0.29, 0.717) is 0 Å². The van der Waals surface area contributed by atoms with Crippen molar-refractivity contribution in [1.29, 1.82) is 5.26 Å². The smallest absolute Gasteiger partial charge is 0.259 e. The minimum absolute atomic E-state index is 0.0267. The van der Waals surface area contributed by atoms with Crippen molar-refractivity contribution in [2.45, 2.75) is 0 Å². The normalized spacial score (nSPS) is 9.85. The Labute approximate surface area is 112 Å². The Hall–Kier alpha value is -3.01. The number of carbonyl (C=O) groups is 1. The molecule has 0 spiro atoms. The Morgan fingerprint density at radius 1 is 1.40 bits per heavy atom. The van der Waals surface area contributed by atoms with Crippen molar-refractivity contribution < 1.29 is 13.6 Å². The monoisotopic (exact) mass is 274 g/mol. The molecule has 2 aromatic rings. The van der Waals surface area contributed by atoms with E-state index < -0.39 is 17.5 Å². The summed E-state index contributed by atoms with van der Waals surface area (Å²) in [4.78, 5) is 15.4. The predicted octanol–water partition coefficient (Wildman–Crippen LogP) is 2.07. The van der Waals surface area contributed by atoms with Crippen molar-refractivity contribution in [1.82, 2.24) is 4.98 Å². The lowest BCUT2D eigenvalue weighted by Gasteiger charge is -2.08. The average Bonchev–Trinajstić information content (AvgIpc) is 2.41. The summed E-state index contributed by atoms with van der Waals surface area (Å²) in [6.45, 7) is 0. The van der Waals surface area contributed by atoms with Crippen LogP contribution in [0.2, 0.25) is 0 Å². The molecule has 7 heteroatoms. The quantitative estimate of drug-likeness (QED) is 0.876. The van der Waals surface area contributed by atoms with Crippen LogP contribution in [0.15, 0.2) is 30.5 Å². The summed E-state index contributed by atoms with van der Waals surface area (Å²) in [5.74, 6) is -2.45. The summed E-state index contributed by atoms with van der Waals surface area (Å²) < 4.78 is 26.4. The third kappa shape index (κ3) is 2.54. The third-order valence-electron chi connectivity index (χ3n) is 2.50. The molecule has 0 atom stereocenters. The molecule has 0 saturated carbocycles. The van der Waals surface area contributed by atoms with E-state index in [1.807, 2.05) is 0 Å². The van der Waals surface area contributed by atoms with Gasteiger partial charge in [0.05, 0.1) is 17.4 Å². The first kappa shape index (κ1) is 13.4. The summed E-state index contributed by atoms with van der Waals surface area (Å²) in [5.41, 5.74) is 4.93. The second kappa shape index (κ2) is 5.32. The molecule has 0 aliphatic heterocycles. The van der Waals surface area contributed by atoms with Gasteiger partial charge in [0.15, 0.2) is 0 Å². The highest BCUT2D eigenvalue weighted by molar-refractivity contribution is 6.07. The Morgan fingerprint density at radius 3 is 2.85 bits per heavy atom. The lowest BCUT2D eigenvalue weighted by molar-refractivity contribution is 0.102. The van der Waals surface area contributed by atoms with E-state index in [1.54, 1.807) is 6.07 Å². The molecule has 0 aliphatic rings. The van der Waals surface area contributed by atoms with Crippen LogP contribution in [0.5, 0.6) is 0 Å². The summed E-state index contributed by atoms with van der Waals surface area (Å²) in [7, 11) is 0. The minimum Gasteiger partial charge on any atom is -0.383 e. The van der Waals surface area contributed by atoms with Gasteiger partial charge in [-0.3, -0.25) is 4.79 Å². The number of benzene rings is 1. The predicted molar refractivity (Wildman–Crippen MR) is 67.7 cm³/mol. The number of carbonyl (C=O) groups excluding carboxylic acids is 1. The molecule has 0 fully saturated rings. The molecule has 0 unspecified atom stereocenters. The number of hydrogen-bond donors (Lipinski definition) is 2. The van der Waals surface area contributed by atoms with Crippen molar-refractivity contribution in [3.63, 3.8) is 0 Å². The van der Waals surface area contributed by atoms with Gasteiger partial charge in [0, 0.05) is 0 Å². The van der Waals surface area contributed by atoms with Crippen LogP contribution in [0.1, 0.15) is 15.9 Å². The second-order valence-electron chi connectivity index (χ2n) is 3.81. The number of nitrogens with zero attached hydrogens (tertiary/aromatic N) is 2. The molecule has 20 heavy (non-hydrogen) atoms. The number of pyridine rings is 1. The fourth-order valence-electron chi connectivity index (χ4n) is 1.56. The van der Waals surface area contributed by atoms with Crippen LogP contribution < -0.4 is 11.1 Å². The van der Waals surface area contributed by atoms with E-state index in [-0.39, 0.29) is 22.6 Å². The van der Waals surface area contributed by atoms with Gasteiger partial charge in [-0.25, -0.2) is 13.8 Å². The van der Waals surface area contributed by atoms with E-state index in [1.165, 1.54) is 12.1 Å². The first-order valence-corrected chi connectivity index (χ1v) is 5.44. The highest BCUT2D eigenvalue weighted by Gasteiger charge is 2.15. The van der Waals surface area contributed by atoms with Crippen LogP contribution in [-0.4, -0.2) is 10.9 Å². The van der Waals surface area contributed by atoms with Gasteiger partial charge in [-0.15, -0.1) is 0 Å². The van der Waals surface area contributed by atoms with E-state index in [9.17, 15) is 13.6 Å². The van der Waals surface area contributed by atoms with Gasteiger partial charge in [0.1, 0.15) is 29.1 Å². The first-order chi connectivity index (χ1) is 9.52. The maximum Gasteiger partial charge on any atom is 0.259 e. The molecule has 100 valence electrons. The highest BCUT2D eigenvalue weighted by atomic mass is 19.1. The number of nitrogens with two attached hydrogens (primary N) is 1. The number of halogens is 2. The molecule has 1 aromatic carbocycles. The van der Waals surface area contributed by atoms with E-state index >= 15 is 0 Å². The topological polar surface area (TPSA) is 91.8 Å². The molecule has 3 N–H and O–H groups in total. The number of aromatic nitrogens is 1. The maximum atomic E-state index is 13.4. The van der Waals surface area contributed by atoms with Gasteiger partial charge in [-0.1, -0.05) is 6.07 Å². The fourth-order valence-corrected chi connectivity index (χ4v) is 1.56. The number of nitriles is 1. The number of rotatable bonds is 2. The first-order valence-electron chi connectivity index (χ1n) is 5.44. The van der Waals surface area contributed by atoms with Crippen molar-refractivity contribution >= 4 is 17.4 Å². The maximum absolute atomic E-state index is 13.4. The van der Waals surface area contributed by atoms with Gasteiger partial charge in [-0.2, -0.15) is 5.26 Å². The lowest BCUT2D eigenvalue weighted by atomic mass is 10.1. The summed E-state index contributed by atoms with van der Waals surface area (Å²) in [6, 6.07) is 6.31. The standard InChI is InChI=1S/C13H8F2N4O/c14-7-4-8(12(17)18-6-7)13(20)19-11-3-1-2-10(15)9(11)5-16/h1-4,6H,(H2,17,18)(H,19,20). The van der Waals surface area contributed by atoms with Crippen molar-refractivity contribution in [3.05, 3.63) is 53.2 Å². The molecule has 1 heterocycles. The Balaban J connectivity index is 2.36. The summed E-state index contributed by atoms with van der Waals surface area (Å²) in [6.07, 6.45) is 0.870. The van der Waals surface area contributed by atoms with Gasteiger partial charge < -0.3 is 11.1 Å². The van der Waals surface area contributed by atoms with Crippen molar-refractivity contribution in [3.8, 4) is 6.07 Å². The van der Waals surface area contributed by atoms with Crippen LogP contribution in [0.4, 0.5) is 20.3 Å². The molecule has 1 amide bonds. The molecule has 0 saturated heterocycles. The van der Waals surface area contributed by atoms with Crippen LogP contribution in [0.25, 0.3) is 0 Å². The SMILES string of the molecule is N#Cc1c(F)cccc1NC(=O)c1cc(F)cnc1N. The van der Waals surface area contributed by atoms with Gasteiger partial charge >= 0.3 is 0 Å². The van der Waals surface area contributed by atoms with E-state index in [4.69, 9.17) is 11.0 Å². The molecule has 0 radical (unpaired) electrons. The molecule has 2 rings (SSSR count). The summed E-state index contributed by atoms with van der Waals surface area (Å²) in [5, 5.41) is 11.1. The van der Waals surface area contributed by atoms with Gasteiger partial charge in [0.25, 0.3) is 5.91 Å². The Bertz CT molecular complexity index is 725. The molecular formula is C13H8F2N4O. The Morgan fingerprint density at radius 2 is 2.15 bits per heavy atom. The minimum atomic E-state index is -0.781. The third-order valence-corrected chi connectivity index (χ3v) is 2.50. The average molecular weight is 274 g/mol. The zero-order valence-electron chi connectivity index (χ0n) is 10.0. The highest BCUT2D eigenvalue weighted by Crippen LogP contribution is 2.19. The number of amides is 1. The van der Waals surface area contributed by atoms with E-state index in [2.05, 4.69) is 10.3 Å². The van der Waals surface area contributed by atoms with Crippen molar-refractivity contribution in [2.24, 2.45) is 0 Å². The number of hydrogen-bond acceptors (Lipinski definition) is 4. The number of nitrogens with one attached hydrogen (secondary N) is 1. The van der Waals surface area contributed by atoms with Crippen LogP contribution in [0, 0.1) is 23.0 Å². The number of nitrogen functional groups attached to an aromatic ring is 1. The van der Waals surface area contributed by atoms with Gasteiger partial charge in [0.2, 0.25) is 0 Å². The second-order valence-corrected chi connectivity index (χ2v) is 3.81. The van der Waals surface area contributed by atoms with E-state index in [0.717, 1.165) is 18.3 Å². The van der Waals surface area contributed by atoms with Crippen LogP contribution >= 0.6 is 0 Å². The zero-order chi connectivity index (χ0) is 14.7. The molecular weight excluding hydrogens is 266 g/mol. The molecule has 0 aliphatic carbocycles. The van der Waals surface area contributed by atoms with Crippen LogP contribution in [-0.2, 0) is 0 Å². The van der Waals surface area contributed by atoms with Crippen molar-refractivity contribution in [2.75, 3.05) is 11.1 Å². The van der Waals surface area contributed by atoms with Gasteiger partial charge in [-0.05, 0) is 18.2 Å². The number of anilines is 2. The summed E-state index contributed by atoms with van der Waals surface area (Å²) >= 11 is 0. The molecule has 1 aromatic heterocycles. The molecule has 5 nitrogen and oxygen atoms in total. The fraction of sp³-hybridized carbons (Fsp3) is 0. The molecule has 0 bridgehead atoms. The largest absolute Gasteiger partial charge is 0.383 e. The zero-order valence-corrected chi connectivity index (χ0v) is 10.0.